The van der Waals surface area contributed by atoms with Crippen molar-refractivity contribution in [3.8, 4) is 0 Å². The minimum Gasteiger partial charge on any atom is -0.319 e. The number of nitrogens with zero attached hydrogens (tertiary/aromatic N) is 5. The summed E-state index contributed by atoms with van der Waals surface area (Å²) in [7, 11) is 0. The second-order valence-corrected chi connectivity index (χ2v) is 7.46. The number of nitrogens with one attached hydrogen (secondary N) is 1. The molecule has 2 aromatic rings. The van der Waals surface area contributed by atoms with Gasteiger partial charge in [-0.1, -0.05) is 31.5 Å². The SMILES string of the molecule is CCCCn1nnnc1CN1C(=O)N[C@@](C)(c2ccc3c(c2)CCC3)C1=O. The Bertz CT molecular complexity index is 892. The highest BCUT2D eigenvalue weighted by atomic mass is 16.2. The van der Waals surface area contributed by atoms with Crippen LogP contribution in [0.3, 0.4) is 0 Å². The van der Waals surface area contributed by atoms with Crippen LogP contribution in [-0.4, -0.2) is 37.0 Å². The Morgan fingerprint density at radius 1 is 1.22 bits per heavy atom. The quantitative estimate of drug-likeness (QED) is 0.787. The average molecular weight is 368 g/mol. The van der Waals surface area contributed by atoms with Crippen molar-refractivity contribution >= 4 is 11.9 Å². The Kier molecular flexibility index (Phi) is 4.41. The molecule has 1 N–H and O–H groups in total. The van der Waals surface area contributed by atoms with Crippen LogP contribution in [0.15, 0.2) is 18.2 Å². The lowest BCUT2D eigenvalue weighted by molar-refractivity contribution is -0.131. The molecule has 8 heteroatoms. The fraction of sp³-hybridized carbons (Fsp3) is 0.526. The fourth-order valence-electron chi connectivity index (χ4n) is 3.88. The zero-order chi connectivity index (χ0) is 19.0. The molecule has 1 atom stereocenters. The number of carbonyl (C=O) groups is 2. The molecule has 1 aliphatic heterocycles. The van der Waals surface area contributed by atoms with E-state index in [1.54, 1.807) is 11.6 Å². The van der Waals surface area contributed by atoms with Crippen molar-refractivity contribution in [3.05, 3.63) is 40.7 Å². The van der Waals surface area contributed by atoms with E-state index < -0.39 is 11.6 Å². The number of carbonyl (C=O) groups excluding carboxylic acids is 2. The topological polar surface area (TPSA) is 93.0 Å². The normalized spacial score (nSPS) is 21.6. The lowest BCUT2D eigenvalue weighted by Gasteiger charge is -2.23. The monoisotopic (exact) mass is 368 g/mol. The molecule has 27 heavy (non-hydrogen) atoms. The van der Waals surface area contributed by atoms with Crippen molar-refractivity contribution in [1.29, 1.82) is 0 Å². The summed E-state index contributed by atoms with van der Waals surface area (Å²) < 4.78 is 1.66. The lowest BCUT2D eigenvalue weighted by atomic mass is 9.89. The van der Waals surface area contributed by atoms with Crippen LogP contribution in [0.5, 0.6) is 0 Å². The van der Waals surface area contributed by atoms with Gasteiger partial charge in [-0.25, -0.2) is 9.48 Å². The molecule has 3 amide bonds. The van der Waals surface area contributed by atoms with E-state index in [1.165, 1.54) is 16.0 Å². The third-order valence-corrected chi connectivity index (χ3v) is 5.58. The van der Waals surface area contributed by atoms with E-state index in [0.717, 1.165) is 37.7 Å². The van der Waals surface area contributed by atoms with Gasteiger partial charge in [-0.3, -0.25) is 9.69 Å². The van der Waals surface area contributed by atoms with E-state index in [9.17, 15) is 9.59 Å². The molecule has 1 saturated heterocycles. The second kappa shape index (κ2) is 6.75. The Hall–Kier alpha value is -2.77. The number of amides is 3. The number of imide groups is 1. The van der Waals surface area contributed by atoms with E-state index in [4.69, 9.17) is 0 Å². The van der Waals surface area contributed by atoms with E-state index >= 15 is 0 Å². The van der Waals surface area contributed by atoms with Gasteiger partial charge in [0, 0.05) is 6.54 Å². The smallest absolute Gasteiger partial charge is 0.319 e. The molecule has 1 aliphatic carbocycles. The first kappa shape index (κ1) is 17.6. The number of fused-ring (bicyclic) bond motifs is 1. The van der Waals surface area contributed by atoms with Gasteiger partial charge < -0.3 is 5.32 Å². The summed E-state index contributed by atoms with van der Waals surface area (Å²) in [5, 5.41) is 14.5. The summed E-state index contributed by atoms with van der Waals surface area (Å²) in [6, 6.07) is 5.69. The van der Waals surface area contributed by atoms with Gasteiger partial charge in [0.2, 0.25) is 0 Å². The molecule has 0 bridgehead atoms. The lowest BCUT2D eigenvalue weighted by Crippen LogP contribution is -2.41. The first-order valence-electron chi connectivity index (χ1n) is 9.54. The van der Waals surface area contributed by atoms with Gasteiger partial charge in [-0.2, -0.15) is 0 Å². The maximum atomic E-state index is 13.2. The summed E-state index contributed by atoms with van der Waals surface area (Å²) in [6.07, 6.45) is 5.20. The number of unbranched alkanes of at least 4 members (excludes halogenated alkanes) is 1. The van der Waals surface area contributed by atoms with Crippen molar-refractivity contribution in [2.75, 3.05) is 0 Å². The van der Waals surface area contributed by atoms with Crippen LogP contribution in [0, 0.1) is 0 Å². The van der Waals surface area contributed by atoms with Crippen LogP contribution < -0.4 is 5.32 Å². The van der Waals surface area contributed by atoms with Gasteiger partial charge in [-0.15, -0.1) is 5.10 Å². The maximum Gasteiger partial charge on any atom is 0.325 e. The third-order valence-electron chi connectivity index (χ3n) is 5.58. The standard InChI is InChI=1S/C19H24N6O2/c1-3-4-10-25-16(21-22-23-25)12-24-17(26)19(2,20-18(24)27)15-9-8-13-6-5-7-14(13)11-15/h8-9,11H,3-7,10,12H2,1-2H3,(H,20,27)/t19-/m0/s1. The van der Waals surface area contributed by atoms with Crippen molar-refractivity contribution in [1.82, 2.24) is 30.4 Å². The van der Waals surface area contributed by atoms with Gasteiger partial charge in [-0.05, 0) is 59.7 Å². The van der Waals surface area contributed by atoms with Crippen LogP contribution in [0.25, 0.3) is 0 Å². The molecule has 0 unspecified atom stereocenters. The fourth-order valence-corrected chi connectivity index (χ4v) is 3.88. The van der Waals surface area contributed by atoms with Gasteiger partial charge in [0.1, 0.15) is 5.54 Å². The van der Waals surface area contributed by atoms with Crippen LogP contribution in [0.2, 0.25) is 0 Å². The van der Waals surface area contributed by atoms with Crippen molar-refractivity contribution < 1.29 is 9.59 Å². The number of hydrogen-bond acceptors (Lipinski definition) is 5. The number of benzene rings is 1. The minimum absolute atomic E-state index is 0.0713. The van der Waals surface area contributed by atoms with E-state index in [0.29, 0.717) is 12.4 Å². The zero-order valence-electron chi connectivity index (χ0n) is 15.7. The summed E-state index contributed by atoms with van der Waals surface area (Å²) in [5.74, 6) is 0.251. The van der Waals surface area contributed by atoms with Crippen LogP contribution in [-0.2, 0) is 36.3 Å². The molecule has 1 aromatic carbocycles. The summed E-state index contributed by atoms with van der Waals surface area (Å²) in [5.41, 5.74) is 2.38. The maximum absolute atomic E-state index is 13.2. The Balaban J connectivity index is 1.58. The van der Waals surface area contributed by atoms with Gasteiger partial charge in [0.25, 0.3) is 5.91 Å². The van der Waals surface area contributed by atoms with Gasteiger partial charge >= 0.3 is 6.03 Å². The molecule has 1 fully saturated rings. The summed E-state index contributed by atoms with van der Waals surface area (Å²) >= 11 is 0. The molecule has 0 spiro atoms. The summed E-state index contributed by atoms with van der Waals surface area (Å²) in [4.78, 5) is 26.9. The largest absolute Gasteiger partial charge is 0.325 e. The molecule has 2 heterocycles. The van der Waals surface area contributed by atoms with E-state index in [2.05, 4.69) is 39.9 Å². The zero-order valence-corrected chi connectivity index (χ0v) is 15.7. The second-order valence-electron chi connectivity index (χ2n) is 7.46. The molecular weight excluding hydrogens is 344 g/mol. The summed E-state index contributed by atoms with van der Waals surface area (Å²) in [6.45, 7) is 4.60. The third kappa shape index (κ3) is 2.98. The highest BCUT2D eigenvalue weighted by Crippen LogP contribution is 2.33. The van der Waals surface area contributed by atoms with Gasteiger partial charge in [0.15, 0.2) is 5.82 Å². The van der Waals surface area contributed by atoms with Crippen LogP contribution in [0.1, 0.15) is 55.6 Å². The first-order chi connectivity index (χ1) is 13.0. The molecule has 4 rings (SSSR count). The average Bonchev–Trinajstić information content (AvgIpc) is 3.35. The number of rotatable bonds is 6. The van der Waals surface area contributed by atoms with Crippen LogP contribution in [0.4, 0.5) is 4.79 Å². The number of urea groups is 1. The Morgan fingerprint density at radius 3 is 2.85 bits per heavy atom. The number of aromatic nitrogens is 4. The molecule has 8 nitrogen and oxygen atoms in total. The molecule has 1 aromatic heterocycles. The number of hydrogen-bond donors (Lipinski definition) is 1. The predicted molar refractivity (Wildman–Crippen MR) is 97.6 cm³/mol. The Morgan fingerprint density at radius 2 is 2.04 bits per heavy atom. The predicted octanol–water partition coefficient (Wildman–Crippen LogP) is 1.93. The molecule has 142 valence electrons. The molecule has 0 saturated carbocycles. The molecular formula is C19H24N6O2. The van der Waals surface area contributed by atoms with Gasteiger partial charge in [0.05, 0.1) is 6.54 Å². The van der Waals surface area contributed by atoms with E-state index in [-0.39, 0.29) is 12.5 Å². The van der Waals surface area contributed by atoms with E-state index in [1.807, 2.05) is 6.07 Å². The molecule has 2 aliphatic rings. The number of tetrazole rings is 1. The van der Waals surface area contributed by atoms with Crippen molar-refractivity contribution in [2.24, 2.45) is 0 Å². The first-order valence-corrected chi connectivity index (χ1v) is 9.54. The van der Waals surface area contributed by atoms with Crippen molar-refractivity contribution in [3.63, 3.8) is 0 Å². The highest BCUT2D eigenvalue weighted by Gasteiger charge is 2.49. The molecule has 0 radical (unpaired) electrons. The van der Waals surface area contributed by atoms with Crippen LogP contribution >= 0.6 is 0 Å². The highest BCUT2D eigenvalue weighted by molar-refractivity contribution is 6.07. The minimum atomic E-state index is -1.06. The number of aryl methyl sites for hydroxylation is 3. The van der Waals surface area contributed by atoms with Crippen molar-refractivity contribution in [2.45, 2.75) is 64.6 Å². The Labute approximate surface area is 157 Å².